The Labute approximate surface area is 130 Å². The van der Waals surface area contributed by atoms with Crippen LogP contribution in [0.3, 0.4) is 0 Å². The molecule has 1 aromatic carbocycles. The first-order valence-corrected chi connectivity index (χ1v) is 7.40. The van der Waals surface area contributed by atoms with Gasteiger partial charge in [-0.25, -0.2) is 0 Å². The van der Waals surface area contributed by atoms with Crippen molar-refractivity contribution < 1.29 is 9.59 Å². The topological polar surface area (TPSA) is 82.0 Å². The van der Waals surface area contributed by atoms with Crippen molar-refractivity contribution in [1.29, 1.82) is 5.26 Å². The van der Waals surface area contributed by atoms with Crippen LogP contribution in [0.25, 0.3) is 0 Å². The van der Waals surface area contributed by atoms with Gasteiger partial charge in [-0.3, -0.25) is 9.59 Å². The van der Waals surface area contributed by atoms with Crippen molar-refractivity contribution in [2.24, 2.45) is 5.41 Å². The number of Topliss-reactive ketones (excluding diaryl/α,β-unsaturated/α-hetero) is 2. The van der Waals surface area contributed by atoms with Gasteiger partial charge in [0, 0.05) is 5.69 Å². The Morgan fingerprint density at radius 1 is 1.09 bits per heavy atom. The van der Waals surface area contributed by atoms with E-state index in [0.29, 0.717) is 12.1 Å². The van der Waals surface area contributed by atoms with Crippen molar-refractivity contribution >= 4 is 17.3 Å². The van der Waals surface area contributed by atoms with Crippen LogP contribution in [0, 0.1) is 16.7 Å². The van der Waals surface area contributed by atoms with Gasteiger partial charge in [0.1, 0.15) is 12.1 Å². The maximum absolute atomic E-state index is 11.8. The van der Waals surface area contributed by atoms with Crippen LogP contribution in [0.4, 0.5) is 5.69 Å². The van der Waals surface area contributed by atoms with E-state index in [1.807, 2.05) is 6.07 Å². The lowest BCUT2D eigenvalue weighted by Gasteiger charge is -2.35. The van der Waals surface area contributed by atoms with Crippen molar-refractivity contribution in [1.82, 2.24) is 5.32 Å². The molecule has 116 valence electrons. The van der Waals surface area contributed by atoms with Crippen molar-refractivity contribution in [2.75, 3.05) is 11.9 Å². The molecule has 1 aromatic rings. The van der Waals surface area contributed by atoms with Gasteiger partial charge >= 0.3 is 0 Å². The molecular formula is C17H21N3O2. The molecule has 2 rings (SSSR count). The molecule has 0 amide bonds. The standard InChI is InChI=1S/C17H21N3O2/c1-17(2,3)8-9-19-13-14(16(22)15(13)21)20-12-6-4-11(10-18)5-7-12/h4-7,13-14,19-20H,8-9H2,1-3H3. The molecule has 1 aliphatic carbocycles. The summed E-state index contributed by atoms with van der Waals surface area (Å²) >= 11 is 0. The van der Waals surface area contributed by atoms with E-state index in [1.54, 1.807) is 24.3 Å². The Bertz CT molecular complexity index is 608. The molecule has 0 aliphatic heterocycles. The van der Waals surface area contributed by atoms with Crippen LogP contribution >= 0.6 is 0 Å². The van der Waals surface area contributed by atoms with Crippen LogP contribution in [0.2, 0.25) is 0 Å². The van der Waals surface area contributed by atoms with E-state index in [-0.39, 0.29) is 11.2 Å². The average Bonchev–Trinajstić information content (AvgIpc) is 2.49. The molecule has 0 saturated heterocycles. The summed E-state index contributed by atoms with van der Waals surface area (Å²) in [5, 5.41) is 15.0. The number of carbonyl (C=O) groups is 2. The van der Waals surface area contributed by atoms with Gasteiger partial charge in [-0.2, -0.15) is 5.26 Å². The molecule has 1 saturated carbocycles. The minimum Gasteiger partial charge on any atom is -0.373 e. The SMILES string of the molecule is CC(C)(C)CCNC1C(=O)C(=O)C1Nc1ccc(C#N)cc1. The zero-order chi connectivity index (χ0) is 16.3. The predicted molar refractivity (Wildman–Crippen MR) is 84.4 cm³/mol. The minimum atomic E-state index is -0.527. The quantitative estimate of drug-likeness (QED) is 0.811. The number of nitrogens with zero attached hydrogens (tertiary/aromatic N) is 1. The van der Waals surface area contributed by atoms with Gasteiger partial charge in [-0.1, -0.05) is 20.8 Å². The molecule has 0 radical (unpaired) electrons. The zero-order valence-electron chi connectivity index (χ0n) is 13.1. The summed E-state index contributed by atoms with van der Waals surface area (Å²) in [6.45, 7) is 7.09. The number of carbonyl (C=O) groups excluding carboxylic acids is 2. The Hall–Kier alpha value is -2.19. The molecule has 0 aromatic heterocycles. The summed E-state index contributed by atoms with van der Waals surface area (Å²) in [5.74, 6) is -0.752. The Kier molecular flexibility index (Phi) is 4.62. The summed E-state index contributed by atoms with van der Waals surface area (Å²) in [7, 11) is 0. The normalized spacial score (nSPS) is 21.2. The van der Waals surface area contributed by atoms with Crippen molar-refractivity contribution in [3.8, 4) is 6.07 Å². The third kappa shape index (κ3) is 3.71. The van der Waals surface area contributed by atoms with Crippen molar-refractivity contribution in [3.63, 3.8) is 0 Å². The van der Waals surface area contributed by atoms with E-state index in [1.165, 1.54) is 0 Å². The average molecular weight is 299 g/mol. The van der Waals surface area contributed by atoms with E-state index in [0.717, 1.165) is 12.1 Å². The molecule has 1 fully saturated rings. The van der Waals surface area contributed by atoms with E-state index in [2.05, 4.69) is 31.4 Å². The molecule has 2 unspecified atom stereocenters. The van der Waals surface area contributed by atoms with Gasteiger partial charge in [-0.05, 0) is 42.6 Å². The van der Waals surface area contributed by atoms with E-state index < -0.39 is 17.9 Å². The van der Waals surface area contributed by atoms with E-state index in [4.69, 9.17) is 5.26 Å². The van der Waals surface area contributed by atoms with E-state index in [9.17, 15) is 9.59 Å². The third-order valence-corrected chi connectivity index (χ3v) is 3.72. The van der Waals surface area contributed by atoms with Gasteiger partial charge in [0.05, 0.1) is 11.6 Å². The molecule has 5 nitrogen and oxygen atoms in total. The first kappa shape index (κ1) is 16.2. The molecule has 5 heteroatoms. The number of rotatable bonds is 5. The maximum atomic E-state index is 11.8. The highest BCUT2D eigenvalue weighted by Crippen LogP contribution is 2.21. The number of nitriles is 1. The van der Waals surface area contributed by atoms with Crippen LogP contribution in [0.5, 0.6) is 0 Å². The fraction of sp³-hybridized carbons (Fsp3) is 0.471. The molecule has 0 heterocycles. The molecule has 0 spiro atoms. The summed E-state index contributed by atoms with van der Waals surface area (Å²) in [6.07, 6.45) is 0.925. The number of ketones is 2. The first-order valence-electron chi connectivity index (χ1n) is 7.40. The lowest BCUT2D eigenvalue weighted by molar-refractivity contribution is -0.145. The Balaban J connectivity index is 1.94. The second-order valence-corrected chi connectivity index (χ2v) is 6.78. The van der Waals surface area contributed by atoms with Crippen LogP contribution in [-0.2, 0) is 9.59 Å². The van der Waals surface area contributed by atoms with Crippen molar-refractivity contribution in [3.05, 3.63) is 29.8 Å². The number of nitrogens with one attached hydrogen (secondary N) is 2. The van der Waals surface area contributed by atoms with E-state index >= 15 is 0 Å². The molecule has 0 bridgehead atoms. The van der Waals surface area contributed by atoms with Gasteiger partial charge in [0.25, 0.3) is 0 Å². The predicted octanol–water partition coefficient (Wildman–Crippen LogP) is 1.88. The van der Waals surface area contributed by atoms with Gasteiger partial charge in [0.15, 0.2) is 0 Å². The van der Waals surface area contributed by atoms with Crippen LogP contribution in [-0.4, -0.2) is 30.2 Å². The molecule has 2 N–H and O–H groups in total. The monoisotopic (exact) mass is 299 g/mol. The highest BCUT2D eigenvalue weighted by Gasteiger charge is 2.48. The fourth-order valence-electron chi connectivity index (χ4n) is 2.30. The summed E-state index contributed by atoms with van der Waals surface area (Å²) in [5.41, 5.74) is 1.47. The minimum absolute atomic E-state index is 0.180. The zero-order valence-corrected chi connectivity index (χ0v) is 13.1. The lowest BCUT2D eigenvalue weighted by atomic mass is 9.82. The second kappa shape index (κ2) is 6.29. The van der Waals surface area contributed by atoms with Crippen LogP contribution < -0.4 is 10.6 Å². The summed E-state index contributed by atoms with van der Waals surface area (Å²) < 4.78 is 0. The second-order valence-electron chi connectivity index (χ2n) is 6.78. The lowest BCUT2D eigenvalue weighted by Crippen LogP contribution is -2.67. The molecule has 1 aliphatic rings. The van der Waals surface area contributed by atoms with Gasteiger partial charge < -0.3 is 10.6 Å². The largest absolute Gasteiger partial charge is 0.373 e. The van der Waals surface area contributed by atoms with Crippen molar-refractivity contribution in [2.45, 2.75) is 39.3 Å². The smallest absolute Gasteiger partial charge is 0.224 e. The highest BCUT2D eigenvalue weighted by molar-refractivity contribution is 6.49. The van der Waals surface area contributed by atoms with Crippen LogP contribution in [0.1, 0.15) is 32.8 Å². The number of hydrogen-bond donors (Lipinski definition) is 2. The maximum Gasteiger partial charge on any atom is 0.224 e. The molecule has 22 heavy (non-hydrogen) atoms. The van der Waals surface area contributed by atoms with Gasteiger partial charge in [0.2, 0.25) is 11.6 Å². The first-order chi connectivity index (χ1) is 10.3. The van der Waals surface area contributed by atoms with Crippen LogP contribution in [0.15, 0.2) is 24.3 Å². The molecular weight excluding hydrogens is 278 g/mol. The number of anilines is 1. The number of hydrogen-bond acceptors (Lipinski definition) is 5. The molecule has 2 atom stereocenters. The number of benzene rings is 1. The highest BCUT2D eigenvalue weighted by atomic mass is 16.2. The summed E-state index contributed by atoms with van der Waals surface area (Å²) in [6, 6.07) is 7.87. The summed E-state index contributed by atoms with van der Waals surface area (Å²) in [4.78, 5) is 23.5. The van der Waals surface area contributed by atoms with Gasteiger partial charge in [-0.15, -0.1) is 0 Å². The fourth-order valence-corrected chi connectivity index (χ4v) is 2.30. The Morgan fingerprint density at radius 2 is 1.68 bits per heavy atom. The third-order valence-electron chi connectivity index (χ3n) is 3.72. The Morgan fingerprint density at radius 3 is 2.23 bits per heavy atom.